The summed E-state index contributed by atoms with van der Waals surface area (Å²) in [6.07, 6.45) is 5.47. The van der Waals surface area contributed by atoms with E-state index < -0.39 is 8.32 Å². The van der Waals surface area contributed by atoms with Crippen LogP contribution in [0.4, 0.5) is 4.79 Å². The number of nitrogens with zero attached hydrogens (tertiary/aromatic N) is 1. The molecule has 0 aromatic heterocycles. The van der Waals surface area contributed by atoms with Crippen molar-refractivity contribution < 1.29 is 14.0 Å². The summed E-state index contributed by atoms with van der Waals surface area (Å²) in [6, 6.07) is 9.97. The maximum absolute atomic E-state index is 12.0. The van der Waals surface area contributed by atoms with E-state index in [1.807, 2.05) is 42.6 Å². The fraction of sp³-hybridized carbons (Fsp3) is 0.550. The van der Waals surface area contributed by atoms with E-state index in [9.17, 15) is 4.79 Å². The van der Waals surface area contributed by atoms with Gasteiger partial charge in [-0.3, -0.25) is 4.90 Å². The van der Waals surface area contributed by atoms with Crippen molar-refractivity contribution in [2.75, 3.05) is 13.2 Å². The number of carbonyl (C=O) groups is 1. The fourth-order valence-electron chi connectivity index (χ4n) is 2.46. The lowest BCUT2D eigenvalue weighted by Crippen LogP contribution is -2.40. The summed E-state index contributed by atoms with van der Waals surface area (Å²) in [5, 5.41) is 0.241. The fourth-order valence-corrected chi connectivity index (χ4v) is 3.55. The van der Waals surface area contributed by atoms with Gasteiger partial charge in [-0.25, -0.2) is 4.79 Å². The molecule has 0 spiro atoms. The minimum atomic E-state index is -1.67. The molecule has 1 fully saturated rings. The number of benzene rings is 1. The van der Waals surface area contributed by atoms with Gasteiger partial charge in [0.05, 0.1) is 6.04 Å². The molecule has 1 aliphatic heterocycles. The summed E-state index contributed by atoms with van der Waals surface area (Å²) in [5.41, 5.74) is 1.10. The van der Waals surface area contributed by atoms with Crippen molar-refractivity contribution >= 4 is 14.4 Å². The van der Waals surface area contributed by atoms with Crippen LogP contribution in [0.5, 0.6) is 0 Å². The molecule has 1 saturated heterocycles. The molecule has 5 heteroatoms. The molecular weight excluding hydrogens is 330 g/mol. The minimum Gasteiger partial charge on any atom is -0.447 e. The average Bonchev–Trinajstić information content (AvgIpc) is 2.91. The van der Waals surface area contributed by atoms with Crippen LogP contribution in [0.2, 0.25) is 18.1 Å². The van der Waals surface area contributed by atoms with Gasteiger partial charge in [0, 0.05) is 12.8 Å². The number of allylic oxidation sites excluding steroid dienone is 1. The topological polar surface area (TPSA) is 38.8 Å². The summed E-state index contributed by atoms with van der Waals surface area (Å²) < 4.78 is 11.4. The summed E-state index contributed by atoms with van der Waals surface area (Å²) in [6.45, 7) is 12.5. The standard InChI is InChI=1S/C20H31NO3Si/c1-20(2,3)25(4,5)24-15-11-7-10-14-21-18(16-23-19(21)22)17-12-8-6-9-13-17/h6,8-10,12-14,18H,7,11,15-16H2,1-5H3/b14-10+/t18-/m0/s1. The molecule has 1 heterocycles. The molecule has 1 atom stereocenters. The van der Waals surface area contributed by atoms with Gasteiger partial charge in [0.1, 0.15) is 6.61 Å². The first-order valence-corrected chi connectivity index (χ1v) is 11.9. The van der Waals surface area contributed by atoms with E-state index in [2.05, 4.69) is 33.9 Å². The van der Waals surface area contributed by atoms with Crippen LogP contribution in [0.3, 0.4) is 0 Å². The molecule has 1 amide bonds. The van der Waals surface area contributed by atoms with Crippen LogP contribution < -0.4 is 0 Å². The van der Waals surface area contributed by atoms with Crippen molar-refractivity contribution in [3.63, 3.8) is 0 Å². The number of rotatable bonds is 7. The predicted octanol–water partition coefficient (Wildman–Crippen LogP) is 5.50. The second-order valence-electron chi connectivity index (χ2n) is 8.05. The van der Waals surface area contributed by atoms with Crippen LogP contribution in [-0.2, 0) is 9.16 Å². The van der Waals surface area contributed by atoms with Gasteiger partial charge in [0.25, 0.3) is 0 Å². The van der Waals surface area contributed by atoms with Crippen molar-refractivity contribution in [1.29, 1.82) is 0 Å². The second-order valence-corrected chi connectivity index (χ2v) is 12.9. The third-order valence-electron chi connectivity index (χ3n) is 5.15. The Hall–Kier alpha value is -1.59. The van der Waals surface area contributed by atoms with Gasteiger partial charge in [-0.15, -0.1) is 0 Å². The average molecular weight is 362 g/mol. The highest BCUT2D eigenvalue weighted by Crippen LogP contribution is 2.36. The van der Waals surface area contributed by atoms with E-state index in [0.29, 0.717) is 6.61 Å². The summed E-state index contributed by atoms with van der Waals surface area (Å²) in [7, 11) is -1.67. The summed E-state index contributed by atoms with van der Waals surface area (Å²) in [4.78, 5) is 13.6. The highest BCUT2D eigenvalue weighted by molar-refractivity contribution is 6.74. The van der Waals surface area contributed by atoms with Gasteiger partial charge in [0.15, 0.2) is 8.32 Å². The molecule has 1 aromatic rings. The maximum atomic E-state index is 12.0. The van der Waals surface area contributed by atoms with E-state index in [0.717, 1.165) is 25.0 Å². The number of ether oxygens (including phenoxy) is 1. The first kappa shape index (κ1) is 19.7. The molecule has 0 aliphatic carbocycles. The Kier molecular flexibility index (Phi) is 6.46. The zero-order valence-corrected chi connectivity index (χ0v) is 17.1. The van der Waals surface area contributed by atoms with Crippen LogP contribution >= 0.6 is 0 Å². The van der Waals surface area contributed by atoms with Gasteiger partial charge in [-0.2, -0.15) is 0 Å². The van der Waals surface area contributed by atoms with E-state index >= 15 is 0 Å². The highest BCUT2D eigenvalue weighted by atomic mass is 28.4. The molecule has 0 bridgehead atoms. The number of carbonyl (C=O) groups excluding carboxylic acids is 1. The van der Waals surface area contributed by atoms with E-state index in [-0.39, 0.29) is 17.2 Å². The summed E-state index contributed by atoms with van der Waals surface area (Å²) in [5.74, 6) is 0. The maximum Gasteiger partial charge on any atom is 0.414 e. The van der Waals surface area contributed by atoms with Gasteiger partial charge >= 0.3 is 6.09 Å². The number of cyclic esters (lactones) is 1. The number of hydrogen-bond acceptors (Lipinski definition) is 3. The monoisotopic (exact) mass is 361 g/mol. The largest absolute Gasteiger partial charge is 0.447 e. The number of unbranched alkanes of at least 4 members (excludes halogenated alkanes) is 1. The van der Waals surface area contributed by atoms with E-state index in [1.54, 1.807) is 4.90 Å². The molecule has 1 aliphatic rings. The van der Waals surface area contributed by atoms with Crippen LogP contribution in [0.1, 0.15) is 45.2 Å². The Labute approximate surface area is 152 Å². The van der Waals surface area contributed by atoms with Crippen molar-refractivity contribution in [2.24, 2.45) is 0 Å². The first-order chi connectivity index (χ1) is 11.7. The van der Waals surface area contributed by atoms with Crippen molar-refractivity contribution in [2.45, 2.75) is 57.8 Å². The molecule has 1 aromatic carbocycles. The highest BCUT2D eigenvalue weighted by Gasteiger charge is 2.36. The number of hydrogen-bond donors (Lipinski definition) is 0. The minimum absolute atomic E-state index is 0.0339. The zero-order chi connectivity index (χ0) is 18.5. The molecule has 0 saturated carbocycles. The molecule has 0 N–H and O–H groups in total. The Morgan fingerprint density at radius 1 is 1.28 bits per heavy atom. The third kappa shape index (κ3) is 5.19. The van der Waals surface area contributed by atoms with Gasteiger partial charge in [0.2, 0.25) is 0 Å². The van der Waals surface area contributed by atoms with Crippen LogP contribution in [0.25, 0.3) is 0 Å². The molecule has 0 unspecified atom stereocenters. The lowest BCUT2D eigenvalue weighted by atomic mass is 10.1. The molecule has 4 nitrogen and oxygen atoms in total. The SMILES string of the molecule is CC(C)(C)[Si](C)(C)OCCC/C=C/N1C(=O)OC[C@H]1c1ccccc1. The van der Waals surface area contributed by atoms with Gasteiger partial charge in [-0.1, -0.05) is 57.2 Å². The lowest BCUT2D eigenvalue weighted by Gasteiger charge is -2.36. The smallest absolute Gasteiger partial charge is 0.414 e. The lowest BCUT2D eigenvalue weighted by molar-refractivity contribution is 0.166. The molecule has 0 radical (unpaired) electrons. The van der Waals surface area contributed by atoms with Gasteiger partial charge in [-0.05, 0) is 36.5 Å². The Morgan fingerprint density at radius 2 is 1.96 bits per heavy atom. The third-order valence-corrected chi connectivity index (χ3v) is 9.68. The first-order valence-electron chi connectivity index (χ1n) is 9.03. The van der Waals surface area contributed by atoms with Crippen LogP contribution in [0.15, 0.2) is 42.6 Å². The van der Waals surface area contributed by atoms with E-state index in [1.165, 1.54) is 0 Å². The molecule has 138 valence electrons. The van der Waals surface area contributed by atoms with E-state index in [4.69, 9.17) is 9.16 Å². The Balaban J connectivity index is 1.82. The Bertz CT molecular complexity index is 593. The predicted molar refractivity (Wildman–Crippen MR) is 104 cm³/mol. The zero-order valence-electron chi connectivity index (χ0n) is 16.1. The second kappa shape index (κ2) is 8.19. The molecule has 25 heavy (non-hydrogen) atoms. The van der Waals surface area contributed by atoms with Crippen molar-refractivity contribution in [1.82, 2.24) is 4.90 Å². The normalized spacial score (nSPS) is 18.8. The van der Waals surface area contributed by atoms with Crippen molar-refractivity contribution in [3.05, 3.63) is 48.2 Å². The summed E-state index contributed by atoms with van der Waals surface area (Å²) >= 11 is 0. The van der Waals surface area contributed by atoms with Crippen LogP contribution in [-0.4, -0.2) is 32.5 Å². The molecule has 2 rings (SSSR count). The quantitative estimate of drug-likeness (QED) is 0.476. The van der Waals surface area contributed by atoms with Crippen LogP contribution in [0, 0.1) is 0 Å². The van der Waals surface area contributed by atoms with Crippen molar-refractivity contribution in [3.8, 4) is 0 Å². The molecular formula is C20H31NO3Si. The van der Waals surface area contributed by atoms with Gasteiger partial charge < -0.3 is 9.16 Å². The number of amides is 1. The Morgan fingerprint density at radius 3 is 2.60 bits per heavy atom.